The molecule has 20 heavy (non-hydrogen) atoms. The molecule has 0 atom stereocenters. The van der Waals surface area contributed by atoms with Crippen LogP contribution in [0.25, 0.3) is 0 Å². The highest BCUT2D eigenvalue weighted by atomic mass is 16.5. The highest BCUT2D eigenvalue weighted by molar-refractivity contribution is 6.03. The van der Waals surface area contributed by atoms with E-state index < -0.39 is 18.1 Å². The Labute approximate surface area is 117 Å². The quantitative estimate of drug-likeness (QED) is 0.842. The van der Waals surface area contributed by atoms with Gasteiger partial charge >= 0.3 is 5.97 Å². The number of hydrogen-bond acceptors (Lipinski definition) is 4. The first kappa shape index (κ1) is 14.5. The predicted molar refractivity (Wildman–Crippen MR) is 73.4 cm³/mol. The summed E-state index contributed by atoms with van der Waals surface area (Å²) in [5, 5.41) is 9.02. The summed E-state index contributed by atoms with van der Waals surface area (Å²) in [5.74, 6) is -1.44. The first-order valence-electron chi connectivity index (χ1n) is 6.48. The lowest BCUT2D eigenvalue weighted by atomic mass is 9.89. The van der Waals surface area contributed by atoms with Crippen molar-refractivity contribution in [1.29, 1.82) is 0 Å². The largest absolute Gasteiger partial charge is 0.480 e. The summed E-state index contributed by atoms with van der Waals surface area (Å²) in [5.41, 5.74) is 5.64. The number of para-hydroxylation sites is 1. The molecule has 1 heterocycles. The molecule has 0 radical (unpaired) electrons. The van der Waals surface area contributed by atoms with Crippen molar-refractivity contribution in [2.75, 3.05) is 24.7 Å². The normalized spacial score (nSPS) is 17.4. The standard InChI is InChI=1S/C14H18N2O4/c15-14(6-8-20-9-7-14)13(19)16(10-12(17)18)11-4-2-1-3-5-11/h1-5H,6-10,15H2,(H,17,18). The number of rotatable bonds is 4. The van der Waals surface area contributed by atoms with E-state index in [1.807, 2.05) is 0 Å². The van der Waals surface area contributed by atoms with Gasteiger partial charge in [0, 0.05) is 18.9 Å². The van der Waals surface area contributed by atoms with Crippen molar-refractivity contribution in [3.63, 3.8) is 0 Å². The van der Waals surface area contributed by atoms with Crippen molar-refractivity contribution < 1.29 is 19.4 Å². The van der Waals surface area contributed by atoms with Crippen LogP contribution in [0, 0.1) is 0 Å². The number of benzene rings is 1. The minimum atomic E-state index is -1.07. The second kappa shape index (κ2) is 6.02. The number of carboxylic acid groups (broad SMARTS) is 1. The van der Waals surface area contributed by atoms with Crippen LogP contribution >= 0.6 is 0 Å². The summed E-state index contributed by atoms with van der Waals surface area (Å²) in [6.45, 7) is 0.429. The maximum Gasteiger partial charge on any atom is 0.323 e. The Morgan fingerprint density at radius 3 is 2.40 bits per heavy atom. The molecule has 6 nitrogen and oxygen atoms in total. The van der Waals surface area contributed by atoms with Crippen molar-refractivity contribution >= 4 is 17.6 Å². The molecular formula is C14H18N2O4. The van der Waals surface area contributed by atoms with E-state index in [1.165, 1.54) is 4.90 Å². The molecule has 3 N–H and O–H groups in total. The molecule has 1 aliphatic heterocycles. The molecule has 0 bridgehead atoms. The van der Waals surface area contributed by atoms with E-state index in [1.54, 1.807) is 30.3 Å². The number of aliphatic carboxylic acids is 1. The number of carboxylic acids is 1. The van der Waals surface area contributed by atoms with Gasteiger partial charge in [0.25, 0.3) is 0 Å². The van der Waals surface area contributed by atoms with E-state index in [0.717, 1.165) is 0 Å². The Bertz CT molecular complexity index is 483. The molecular weight excluding hydrogens is 260 g/mol. The van der Waals surface area contributed by atoms with Gasteiger partial charge in [-0.25, -0.2) is 0 Å². The number of nitrogens with zero attached hydrogens (tertiary/aromatic N) is 1. The maximum atomic E-state index is 12.6. The zero-order valence-corrected chi connectivity index (χ0v) is 11.1. The summed E-state index contributed by atoms with van der Waals surface area (Å²) in [6.07, 6.45) is 0.795. The van der Waals surface area contributed by atoms with E-state index in [0.29, 0.717) is 31.7 Å². The molecule has 0 spiro atoms. The molecule has 0 unspecified atom stereocenters. The van der Waals surface area contributed by atoms with Crippen LogP contribution in [0.4, 0.5) is 5.69 Å². The third kappa shape index (κ3) is 3.15. The lowest BCUT2D eigenvalue weighted by molar-refractivity contribution is -0.137. The van der Waals surface area contributed by atoms with Crippen molar-refractivity contribution in [2.45, 2.75) is 18.4 Å². The first-order valence-corrected chi connectivity index (χ1v) is 6.48. The number of nitrogens with two attached hydrogens (primary N) is 1. The number of anilines is 1. The summed E-state index contributed by atoms with van der Waals surface area (Å²) in [7, 11) is 0. The first-order chi connectivity index (χ1) is 9.53. The molecule has 0 aromatic heterocycles. The van der Waals surface area contributed by atoms with Crippen LogP contribution in [-0.2, 0) is 14.3 Å². The Morgan fingerprint density at radius 1 is 1.25 bits per heavy atom. The fraction of sp³-hybridized carbons (Fsp3) is 0.429. The lowest BCUT2D eigenvalue weighted by Gasteiger charge is -2.36. The average molecular weight is 278 g/mol. The zero-order valence-electron chi connectivity index (χ0n) is 11.1. The second-order valence-electron chi connectivity index (χ2n) is 4.89. The molecule has 1 amide bonds. The van der Waals surface area contributed by atoms with Crippen LogP contribution in [0.1, 0.15) is 12.8 Å². The van der Waals surface area contributed by atoms with Crippen LogP contribution in [-0.4, -0.2) is 42.3 Å². The van der Waals surface area contributed by atoms with E-state index in [9.17, 15) is 9.59 Å². The lowest BCUT2D eigenvalue weighted by Crippen LogP contribution is -2.59. The number of hydrogen-bond donors (Lipinski definition) is 2. The predicted octanol–water partition coefficient (Wildman–Crippen LogP) is 0.612. The average Bonchev–Trinajstić information content (AvgIpc) is 2.45. The van der Waals surface area contributed by atoms with Crippen molar-refractivity contribution in [2.24, 2.45) is 5.73 Å². The molecule has 108 valence electrons. The van der Waals surface area contributed by atoms with Crippen molar-refractivity contribution in [1.82, 2.24) is 0 Å². The second-order valence-corrected chi connectivity index (χ2v) is 4.89. The number of ether oxygens (including phenoxy) is 1. The highest BCUT2D eigenvalue weighted by Gasteiger charge is 2.40. The SMILES string of the molecule is NC1(C(=O)N(CC(=O)O)c2ccccc2)CCOCC1. The van der Waals surface area contributed by atoms with E-state index >= 15 is 0 Å². The third-order valence-corrected chi connectivity index (χ3v) is 3.42. The molecule has 1 saturated heterocycles. The Morgan fingerprint density at radius 2 is 1.85 bits per heavy atom. The summed E-state index contributed by atoms with van der Waals surface area (Å²) in [4.78, 5) is 24.9. The van der Waals surface area contributed by atoms with Gasteiger partial charge in [0.1, 0.15) is 12.1 Å². The number of amides is 1. The zero-order chi connectivity index (χ0) is 14.6. The van der Waals surface area contributed by atoms with Crippen LogP contribution < -0.4 is 10.6 Å². The maximum absolute atomic E-state index is 12.6. The summed E-state index contributed by atoms with van der Waals surface area (Å²) in [6, 6.07) is 8.71. The molecule has 0 saturated carbocycles. The van der Waals surface area contributed by atoms with Gasteiger partial charge in [-0.15, -0.1) is 0 Å². The fourth-order valence-electron chi connectivity index (χ4n) is 2.24. The highest BCUT2D eigenvalue weighted by Crippen LogP contribution is 2.24. The van der Waals surface area contributed by atoms with Gasteiger partial charge < -0.3 is 15.6 Å². The molecule has 1 aliphatic rings. The van der Waals surface area contributed by atoms with Crippen LogP contribution in [0.15, 0.2) is 30.3 Å². The van der Waals surface area contributed by atoms with E-state index in [-0.39, 0.29) is 5.91 Å². The third-order valence-electron chi connectivity index (χ3n) is 3.42. The van der Waals surface area contributed by atoms with E-state index in [2.05, 4.69) is 0 Å². The molecule has 1 fully saturated rings. The Balaban J connectivity index is 2.26. The minimum absolute atomic E-state index is 0.366. The molecule has 1 aromatic rings. The summed E-state index contributed by atoms with van der Waals surface area (Å²) >= 11 is 0. The van der Waals surface area contributed by atoms with Gasteiger partial charge in [-0.1, -0.05) is 18.2 Å². The monoisotopic (exact) mass is 278 g/mol. The van der Waals surface area contributed by atoms with Gasteiger partial charge in [-0.05, 0) is 25.0 Å². The van der Waals surface area contributed by atoms with Gasteiger partial charge in [0.15, 0.2) is 0 Å². The smallest absolute Gasteiger partial charge is 0.323 e. The Hall–Kier alpha value is -1.92. The van der Waals surface area contributed by atoms with Crippen LogP contribution in [0.3, 0.4) is 0 Å². The molecule has 1 aromatic carbocycles. The van der Waals surface area contributed by atoms with Crippen LogP contribution in [0.5, 0.6) is 0 Å². The Kier molecular flexibility index (Phi) is 4.36. The number of carbonyl (C=O) groups excluding carboxylic acids is 1. The van der Waals surface area contributed by atoms with Crippen LogP contribution in [0.2, 0.25) is 0 Å². The summed E-state index contributed by atoms with van der Waals surface area (Å²) < 4.78 is 5.21. The van der Waals surface area contributed by atoms with Gasteiger partial charge in [-0.3, -0.25) is 14.5 Å². The molecule has 0 aliphatic carbocycles. The van der Waals surface area contributed by atoms with Gasteiger partial charge in [-0.2, -0.15) is 0 Å². The fourth-order valence-corrected chi connectivity index (χ4v) is 2.24. The molecule has 6 heteroatoms. The minimum Gasteiger partial charge on any atom is -0.480 e. The van der Waals surface area contributed by atoms with E-state index in [4.69, 9.17) is 15.6 Å². The topological polar surface area (TPSA) is 92.9 Å². The van der Waals surface area contributed by atoms with Crippen molar-refractivity contribution in [3.05, 3.63) is 30.3 Å². The van der Waals surface area contributed by atoms with Gasteiger partial charge in [0.05, 0.1) is 0 Å². The molecule has 2 rings (SSSR count). The number of carbonyl (C=O) groups is 2. The van der Waals surface area contributed by atoms with Crippen molar-refractivity contribution in [3.8, 4) is 0 Å². The van der Waals surface area contributed by atoms with Gasteiger partial charge in [0.2, 0.25) is 5.91 Å².